The molecule has 0 aliphatic carbocycles. The molecule has 0 atom stereocenters. The third-order valence-corrected chi connectivity index (χ3v) is 5.96. The molecule has 2 aromatic rings. The molecule has 0 radical (unpaired) electrons. The number of rotatable bonds is 6. The van der Waals surface area contributed by atoms with Crippen LogP contribution in [0.5, 0.6) is 0 Å². The van der Waals surface area contributed by atoms with Crippen LogP contribution in [0.4, 0.5) is 11.4 Å². The Kier molecular flexibility index (Phi) is 6.84. The number of thioether (sulfide) groups is 1. The lowest BCUT2D eigenvalue weighted by Gasteiger charge is -2.28. The van der Waals surface area contributed by atoms with Gasteiger partial charge in [-0.1, -0.05) is 30.3 Å². The first-order valence-corrected chi connectivity index (χ1v) is 10.8. The highest BCUT2D eigenvalue weighted by atomic mass is 32.2. The van der Waals surface area contributed by atoms with Crippen molar-refractivity contribution in [2.24, 2.45) is 4.99 Å². The smallest absolute Gasteiger partial charge is 0.266 e. The van der Waals surface area contributed by atoms with Gasteiger partial charge in [-0.25, -0.2) is 4.99 Å². The van der Waals surface area contributed by atoms with E-state index in [0.717, 1.165) is 37.6 Å². The van der Waals surface area contributed by atoms with Crippen LogP contribution in [0.1, 0.15) is 5.56 Å². The van der Waals surface area contributed by atoms with Crippen molar-refractivity contribution in [1.29, 1.82) is 0 Å². The number of hydrogen-bond donors (Lipinski definition) is 0. The van der Waals surface area contributed by atoms with Gasteiger partial charge in [0.2, 0.25) is 0 Å². The second kappa shape index (κ2) is 9.93. The average Bonchev–Trinajstić information content (AvgIpc) is 3.08. The number of methoxy groups -OCH3 is 1. The Bertz CT molecular complexity index is 922. The number of carbonyl (C=O) groups excluding carboxylic acids is 1. The molecule has 0 N–H and O–H groups in total. The van der Waals surface area contributed by atoms with Crippen molar-refractivity contribution < 1.29 is 14.3 Å². The number of hydrogen-bond acceptors (Lipinski definition) is 6. The molecule has 0 spiro atoms. The molecule has 0 aromatic heterocycles. The first kappa shape index (κ1) is 20.7. The number of carbonyl (C=O) groups is 1. The van der Waals surface area contributed by atoms with Crippen LogP contribution in [0.2, 0.25) is 0 Å². The van der Waals surface area contributed by atoms with Gasteiger partial charge in [-0.15, -0.1) is 0 Å². The predicted octanol–water partition coefficient (Wildman–Crippen LogP) is 3.77. The van der Waals surface area contributed by atoms with Gasteiger partial charge in [0.25, 0.3) is 5.91 Å². The van der Waals surface area contributed by atoms with Crippen LogP contribution in [-0.4, -0.2) is 62.5 Å². The number of amides is 1. The molecule has 2 aliphatic rings. The number of benzene rings is 2. The van der Waals surface area contributed by atoms with E-state index < -0.39 is 0 Å². The average molecular weight is 424 g/mol. The molecule has 4 rings (SSSR count). The minimum Gasteiger partial charge on any atom is -0.383 e. The Hall–Kier alpha value is -2.61. The maximum absolute atomic E-state index is 13.0. The van der Waals surface area contributed by atoms with Gasteiger partial charge in [0.1, 0.15) is 0 Å². The Morgan fingerprint density at radius 2 is 1.83 bits per heavy atom. The lowest BCUT2D eigenvalue weighted by molar-refractivity contribution is -0.122. The third kappa shape index (κ3) is 4.92. The molecule has 2 fully saturated rings. The first-order chi connectivity index (χ1) is 14.7. The second-order valence-electron chi connectivity index (χ2n) is 6.98. The van der Waals surface area contributed by atoms with Gasteiger partial charge >= 0.3 is 0 Å². The van der Waals surface area contributed by atoms with E-state index in [1.54, 1.807) is 12.0 Å². The van der Waals surface area contributed by atoms with Gasteiger partial charge in [0, 0.05) is 25.9 Å². The van der Waals surface area contributed by atoms with E-state index in [-0.39, 0.29) is 5.91 Å². The van der Waals surface area contributed by atoms with E-state index in [4.69, 9.17) is 9.47 Å². The summed E-state index contributed by atoms with van der Waals surface area (Å²) in [7, 11) is 1.63. The van der Waals surface area contributed by atoms with Crippen molar-refractivity contribution >= 4 is 40.3 Å². The van der Waals surface area contributed by atoms with Gasteiger partial charge in [-0.2, -0.15) is 0 Å². The first-order valence-electron chi connectivity index (χ1n) is 10.0. The van der Waals surface area contributed by atoms with Crippen LogP contribution in [0, 0.1) is 0 Å². The fourth-order valence-electron chi connectivity index (χ4n) is 3.34. The maximum Gasteiger partial charge on any atom is 0.266 e. The highest BCUT2D eigenvalue weighted by Gasteiger charge is 2.33. The normalized spacial score (nSPS) is 19.8. The van der Waals surface area contributed by atoms with E-state index >= 15 is 0 Å². The number of amidine groups is 1. The van der Waals surface area contributed by atoms with Crippen LogP contribution < -0.4 is 4.90 Å². The van der Waals surface area contributed by atoms with E-state index in [1.165, 1.54) is 17.4 Å². The molecule has 0 bridgehead atoms. The van der Waals surface area contributed by atoms with E-state index in [0.29, 0.717) is 23.2 Å². The second-order valence-corrected chi connectivity index (χ2v) is 7.99. The van der Waals surface area contributed by atoms with Crippen LogP contribution in [0.25, 0.3) is 6.08 Å². The molecule has 2 heterocycles. The molecule has 0 unspecified atom stereocenters. The summed E-state index contributed by atoms with van der Waals surface area (Å²) < 4.78 is 10.6. The fourth-order valence-corrected chi connectivity index (χ4v) is 4.36. The van der Waals surface area contributed by atoms with Gasteiger partial charge in [0.05, 0.1) is 37.0 Å². The molecule has 7 heteroatoms. The van der Waals surface area contributed by atoms with E-state index in [9.17, 15) is 4.79 Å². The monoisotopic (exact) mass is 423 g/mol. The fraction of sp³-hybridized carbons (Fsp3) is 0.304. The molecule has 30 heavy (non-hydrogen) atoms. The molecule has 2 aromatic carbocycles. The lowest BCUT2D eigenvalue weighted by atomic mass is 10.1. The van der Waals surface area contributed by atoms with Gasteiger partial charge in [0.15, 0.2) is 5.17 Å². The number of morpholine rings is 1. The number of ether oxygens (including phenoxy) is 2. The molecule has 6 nitrogen and oxygen atoms in total. The van der Waals surface area contributed by atoms with E-state index in [2.05, 4.69) is 34.2 Å². The third-order valence-electron chi connectivity index (χ3n) is 4.96. The Balaban J connectivity index is 1.54. The highest BCUT2D eigenvalue weighted by Crippen LogP contribution is 2.34. The number of aliphatic imine (C=N–C) groups is 1. The summed E-state index contributed by atoms with van der Waals surface area (Å²) in [5, 5.41) is 0.680. The van der Waals surface area contributed by atoms with Crippen LogP contribution in [0.15, 0.2) is 64.5 Å². The summed E-state index contributed by atoms with van der Waals surface area (Å²) in [6, 6.07) is 18.0. The van der Waals surface area contributed by atoms with Crippen molar-refractivity contribution in [3.63, 3.8) is 0 Å². The van der Waals surface area contributed by atoms with E-state index in [1.807, 2.05) is 36.4 Å². The Labute approximate surface area is 181 Å². The Morgan fingerprint density at radius 3 is 2.53 bits per heavy atom. The highest BCUT2D eigenvalue weighted by molar-refractivity contribution is 8.18. The van der Waals surface area contributed by atoms with Crippen LogP contribution >= 0.6 is 11.8 Å². The summed E-state index contributed by atoms with van der Waals surface area (Å²) in [5.41, 5.74) is 3.00. The van der Waals surface area contributed by atoms with Gasteiger partial charge < -0.3 is 14.4 Å². The van der Waals surface area contributed by atoms with Crippen LogP contribution in [0.3, 0.4) is 0 Å². The topological polar surface area (TPSA) is 54.4 Å². The Morgan fingerprint density at radius 1 is 1.10 bits per heavy atom. The predicted molar refractivity (Wildman–Crippen MR) is 122 cm³/mol. The summed E-state index contributed by atoms with van der Waals surface area (Å²) >= 11 is 1.40. The molecule has 2 saturated heterocycles. The summed E-state index contributed by atoms with van der Waals surface area (Å²) in [5.74, 6) is -0.0380. The summed E-state index contributed by atoms with van der Waals surface area (Å²) in [6.07, 6.45) is 1.93. The SMILES string of the molecule is COCCN1C(=O)/C(=C/c2ccc(N3CCOCC3)cc2)SC1=Nc1ccccc1. The van der Waals surface area contributed by atoms with Crippen molar-refractivity contribution in [2.45, 2.75) is 0 Å². The summed E-state index contributed by atoms with van der Waals surface area (Å²) in [6.45, 7) is 4.27. The maximum atomic E-state index is 13.0. The largest absolute Gasteiger partial charge is 0.383 e. The quantitative estimate of drug-likeness (QED) is 0.662. The van der Waals surface area contributed by atoms with Gasteiger partial charge in [-0.3, -0.25) is 9.69 Å². The van der Waals surface area contributed by atoms with Crippen molar-refractivity contribution in [3.05, 3.63) is 65.1 Å². The van der Waals surface area contributed by atoms with Crippen molar-refractivity contribution in [3.8, 4) is 0 Å². The zero-order chi connectivity index (χ0) is 20.8. The minimum absolute atomic E-state index is 0.0380. The summed E-state index contributed by atoms with van der Waals surface area (Å²) in [4.78, 5) is 22.4. The molecular formula is C23H25N3O3S. The standard InChI is InChI=1S/C23H25N3O3S/c1-28-14-13-26-22(27)21(30-23(26)24-19-5-3-2-4-6-19)17-18-7-9-20(10-8-18)25-11-15-29-16-12-25/h2-10,17H,11-16H2,1H3/b21-17-,24-23?. The van der Waals surface area contributed by atoms with Crippen molar-refractivity contribution in [1.82, 2.24) is 4.90 Å². The van der Waals surface area contributed by atoms with Gasteiger partial charge in [-0.05, 0) is 47.7 Å². The number of nitrogens with zero attached hydrogens (tertiary/aromatic N) is 3. The minimum atomic E-state index is -0.0380. The van der Waals surface area contributed by atoms with Crippen LogP contribution in [-0.2, 0) is 14.3 Å². The molecule has 2 aliphatic heterocycles. The molecule has 0 saturated carbocycles. The molecule has 1 amide bonds. The van der Waals surface area contributed by atoms with Crippen molar-refractivity contribution in [2.75, 3.05) is 51.5 Å². The zero-order valence-corrected chi connectivity index (χ0v) is 17.8. The molecule has 156 valence electrons. The number of anilines is 1. The zero-order valence-electron chi connectivity index (χ0n) is 17.0. The molecular weight excluding hydrogens is 398 g/mol. The number of para-hydroxylation sites is 1. The lowest BCUT2D eigenvalue weighted by Crippen LogP contribution is -2.36.